The molecule has 0 saturated carbocycles. The van der Waals surface area contributed by atoms with Gasteiger partial charge in [0.1, 0.15) is 0 Å². The van der Waals surface area contributed by atoms with E-state index >= 15 is 0 Å². The molecule has 4 aliphatic rings. The van der Waals surface area contributed by atoms with Gasteiger partial charge in [-0.15, -0.1) is 0 Å². The van der Waals surface area contributed by atoms with E-state index in [-0.39, 0.29) is 28.9 Å². The van der Waals surface area contributed by atoms with Gasteiger partial charge in [0.25, 0.3) is 5.91 Å². The topological polar surface area (TPSA) is 88.7 Å². The molecular weight excluding hydrogens is 705 g/mol. The number of hydrogen-bond acceptors (Lipinski definition) is 6. The average molecular weight is 750 g/mol. The first-order valence-electron chi connectivity index (χ1n) is 17.1. The van der Waals surface area contributed by atoms with E-state index in [0.29, 0.717) is 57.2 Å². The average Bonchev–Trinajstić information content (AvgIpc) is 3.25. The SMILES string of the molecule is CN1CCC(N2CCN(C(=O)[C@@H](Cc3ccc(C(F)(F)F)c(Br)c3)OC(=O)N3CCC(N4CCc5ccccc5NC4=O)CC3)CC2)CC1. The maximum Gasteiger partial charge on any atom is 0.417 e. The molecule has 1 N–H and O–H groups in total. The Kier molecular flexibility index (Phi) is 11.0. The zero-order valence-electron chi connectivity index (χ0n) is 27.8. The molecule has 10 nitrogen and oxygen atoms in total. The van der Waals surface area contributed by atoms with Crippen molar-refractivity contribution in [2.75, 3.05) is 71.3 Å². The molecular formula is C35H44BrF3N6O4. The van der Waals surface area contributed by atoms with Crippen LogP contribution in [-0.2, 0) is 28.5 Å². The molecule has 0 aromatic heterocycles. The summed E-state index contributed by atoms with van der Waals surface area (Å²) in [6.07, 6.45) is -2.41. The Hall–Kier alpha value is -3.36. The van der Waals surface area contributed by atoms with Gasteiger partial charge in [-0.05, 0) is 81.6 Å². The van der Waals surface area contributed by atoms with Crippen LogP contribution in [0, 0.1) is 0 Å². The van der Waals surface area contributed by atoms with Gasteiger partial charge in [-0.2, -0.15) is 13.2 Å². The van der Waals surface area contributed by atoms with Gasteiger partial charge in [0.05, 0.1) is 5.56 Å². The highest BCUT2D eigenvalue weighted by molar-refractivity contribution is 9.10. The van der Waals surface area contributed by atoms with Crippen molar-refractivity contribution >= 4 is 39.6 Å². The van der Waals surface area contributed by atoms with E-state index in [0.717, 1.165) is 62.8 Å². The number of likely N-dealkylation sites (tertiary alicyclic amines) is 2. The maximum absolute atomic E-state index is 13.9. The Morgan fingerprint density at radius 1 is 0.898 bits per heavy atom. The Bertz CT molecular complexity index is 1500. The summed E-state index contributed by atoms with van der Waals surface area (Å²) in [5.74, 6) is -0.344. The van der Waals surface area contributed by atoms with Crippen LogP contribution in [-0.4, -0.2) is 127 Å². The second-order valence-corrected chi connectivity index (χ2v) is 14.4. The molecule has 4 amide bonds. The van der Waals surface area contributed by atoms with Crippen molar-refractivity contribution in [2.45, 2.75) is 62.9 Å². The zero-order valence-corrected chi connectivity index (χ0v) is 29.3. The highest BCUT2D eigenvalue weighted by Crippen LogP contribution is 2.35. The molecule has 2 aromatic carbocycles. The minimum Gasteiger partial charge on any atom is -0.436 e. The number of para-hydroxylation sites is 1. The number of carbonyl (C=O) groups excluding carboxylic acids is 3. The van der Waals surface area contributed by atoms with E-state index in [1.807, 2.05) is 29.2 Å². The van der Waals surface area contributed by atoms with Crippen LogP contribution in [0.1, 0.15) is 42.4 Å². The van der Waals surface area contributed by atoms with Crippen molar-refractivity contribution in [1.29, 1.82) is 0 Å². The van der Waals surface area contributed by atoms with Crippen LogP contribution in [0.15, 0.2) is 46.9 Å². The van der Waals surface area contributed by atoms with Gasteiger partial charge < -0.3 is 29.7 Å². The molecule has 6 rings (SSSR count). The number of halogens is 4. The van der Waals surface area contributed by atoms with Crippen LogP contribution in [0.4, 0.5) is 28.4 Å². The summed E-state index contributed by atoms with van der Waals surface area (Å²) in [6, 6.07) is 11.7. The van der Waals surface area contributed by atoms with E-state index in [4.69, 9.17) is 4.74 Å². The maximum atomic E-state index is 13.9. The molecule has 49 heavy (non-hydrogen) atoms. The lowest BCUT2D eigenvalue weighted by atomic mass is 10.0. The van der Waals surface area contributed by atoms with Gasteiger partial charge in [0.2, 0.25) is 0 Å². The predicted molar refractivity (Wildman–Crippen MR) is 182 cm³/mol. The van der Waals surface area contributed by atoms with Crippen LogP contribution in [0.3, 0.4) is 0 Å². The molecule has 0 spiro atoms. The van der Waals surface area contributed by atoms with Crippen LogP contribution in [0.5, 0.6) is 0 Å². The summed E-state index contributed by atoms with van der Waals surface area (Å²) in [7, 11) is 2.12. The molecule has 0 radical (unpaired) electrons. The molecule has 266 valence electrons. The number of nitrogens with one attached hydrogen (secondary N) is 1. The minimum absolute atomic E-state index is 0.0541. The second kappa shape index (κ2) is 15.3. The van der Waals surface area contributed by atoms with Crippen molar-refractivity contribution in [3.8, 4) is 0 Å². The molecule has 14 heteroatoms. The molecule has 4 aliphatic heterocycles. The third kappa shape index (κ3) is 8.51. The standard InChI is InChI=1S/C35H44BrF3N6O4/c1-41-13-9-26(10-14-41)42-18-20-43(21-19-42)32(46)31(23-24-6-7-28(29(36)22-24)35(37,38)39)49-34(48)44-15-11-27(12-16-44)45-17-8-25-4-2-3-5-30(25)40-33(45)47/h2-7,22,26-27,31H,8-21,23H2,1H3,(H,40,47)/t31-/m1/s1. The smallest absolute Gasteiger partial charge is 0.417 e. The van der Waals surface area contributed by atoms with Gasteiger partial charge >= 0.3 is 18.3 Å². The van der Waals surface area contributed by atoms with Gasteiger partial charge in [-0.3, -0.25) is 9.69 Å². The number of urea groups is 1. The number of benzene rings is 2. The zero-order chi connectivity index (χ0) is 34.7. The van der Waals surface area contributed by atoms with Crippen LogP contribution in [0.2, 0.25) is 0 Å². The van der Waals surface area contributed by atoms with Gasteiger partial charge in [0.15, 0.2) is 6.10 Å². The fraction of sp³-hybridized carbons (Fsp3) is 0.571. The highest BCUT2D eigenvalue weighted by Gasteiger charge is 2.37. The second-order valence-electron chi connectivity index (χ2n) is 13.5. The number of piperidine rings is 2. The van der Waals surface area contributed by atoms with Crippen LogP contribution >= 0.6 is 15.9 Å². The summed E-state index contributed by atoms with van der Waals surface area (Å²) in [5.41, 5.74) is 1.53. The van der Waals surface area contributed by atoms with E-state index in [9.17, 15) is 27.6 Å². The lowest BCUT2D eigenvalue weighted by molar-refractivity contribution is -0.143. The van der Waals surface area contributed by atoms with E-state index in [2.05, 4.69) is 38.1 Å². The van der Waals surface area contributed by atoms with Crippen LogP contribution < -0.4 is 5.32 Å². The number of anilines is 1. The Morgan fingerprint density at radius 3 is 2.24 bits per heavy atom. The third-order valence-electron chi connectivity index (χ3n) is 10.4. The van der Waals surface area contributed by atoms with Crippen molar-refractivity contribution in [3.63, 3.8) is 0 Å². The Labute approximate surface area is 293 Å². The van der Waals surface area contributed by atoms with Crippen molar-refractivity contribution in [2.24, 2.45) is 0 Å². The van der Waals surface area contributed by atoms with Crippen molar-refractivity contribution in [3.05, 3.63) is 63.6 Å². The molecule has 0 unspecified atom stereocenters. The molecule has 1 atom stereocenters. The number of nitrogens with zero attached hydrogens (tertiary/aromatic N) is 5. The summed E-state index contributed by atoms with van der Waals surface area (Å²) < 4.78 is 46.1. The number of rotatable bonds is 6. The number of fused-ring (bicyclic) bond motifs is 1. The first kappa shape index (κ1) is 35.5. The number of hydrogen-bond donors (Lipinski definition) is 1. The summed E-state index contributed by atoms with van der Waals surface area (Å²) >= 11 is 3.03. The van der Waals surface area contributed by atoms with E-state index in [1.165, 1.54) is 12.1 Å². The first-order chi connectivity index (χ1) is 23.5. The number of piperazine rings is 1. The summed E-state index contributed by atoms with van der Waals surface area (Å²) in [5, 5.41) is 3.00. The fourth-order valence-corrected chi connectivity index (χ4v) is 8.13. The molecule has 0 aliphatic carbocycles. The lowest BCUT2D eigenvalue weighted by Gasteiger charge is -2.42. The third-order valence-corrected chi connectivity index (χ3v) is 11.1. The number of alkyl halides is 3. The van der Waals surface area contributed by atoms with E-state index < -0.39 is 23.9 Å². The first-order valence-corrected chi connectivity index (χ1v) is 17.9. The molecule has 3 fully saturated rings. The van der Waals surface area contributed by atoms with E-state index in [1.54, 1.807) is 9.80 Å². The van der Waals surface area contributed by atoms with Gasteiger partial charge in [-0.25, -0.2) is 9.59 Å². The van der Waals surface area contributed by atoms with Gasteiger partial charge in [-0.1, -0.05) is 40.2 Å². The highest BCUT2D eigenvalue weighted by atomic mass is 79.9. The minimum atomic E-state index is -4.53. The monoisotopic (exact) mass is 748 g/mol. The van der Waals surface area contributed by atoms with Crippen molar-refractivity contribution < 1.29 is 32.3 Å². The Balaban J connectivity index is 1.09. The molecule has 2 aromatic rings. The lowest BCUT2D eigenvalue weighted by Crippen LogP contribution is -2.56. The number of carbonyl (C=O) groups is 3. The fourth-order valence-electron chi connectivity index (χ4n) is 7.47. The quantitative estimate of drug-likeness (QED) is 0.431. The predicted octanol–water partition coefficient (Wildman–Crippen LogP) is 5.31. The number of ether oxygens (including phenoxy) is 1. The number of amides is 4. The normalized spacial score (nSPS) is 21.2. The van der Waals surface area contributed by atoms with Gasteiger partial charge in [0, 0.05) is 74.5 Å². The molecule has 0 bridgehead atoms. The largest absolute Gasteiger partial charge is 0.436 e. The van der Waals surface area contributed by atoms with Crippen molar-refractivity contribution in [1.82, 2.24) is 24.5 Å². The molecule has 4 heterocycles. The van der Waals surface area contributed by atoms with Crippen LogP contribution in [0.25, 0.3) is 0 Å². The summed E-state index contributed by atoms with van der Waals surface area (Å²) in [6.45, 7) is 5.77. The summed E-state index contributed by atoms with van der Waals surface area (Å²) in [4.78, 5) is 50.4. The molecule has 3 saturated heterocycles. The Morgan fingerprint density at radius 2 is 1.57 bits per heavy atom.